The van der Waals surface area contributed by atoms with Gasteiger partial charge in [0.25, 0.3) is 0 Å². The summed E-state index contributed by atoms with van der Waals surface area (Å²) in [6.07, 6.45) is 1.62. The SMILES string of the molecule is CCC(CN(C)S(=O)(=O)C1CC1)N1C(=O)C(CCN2CCS(=O)(=O)CC2)(CC(=O)O)CC(c2cccc(Cl)c2)C1c1ccc(Cl)cc1. The predicted octanol–water partition coefficient (Wildman–Crippen LogP) is 4.83. The molecule has 1 aliphatic carbocycles. The van der Waals surface area contributed by atoms with E-state index in [1.54, 1.807) is 30.1 Å². The van der Waals surface area contributed by atoms with Crippen LogP contribution in [-0.4, -0.2) is 104 Å². The number of carboxylic acids is 1. The number of sulfone groups is 1. The van der Waals surface area contributed by atoms with Gasteiger partial charge in [-0.25, -0.2) is 21.1 Å². The van der Waals surface area contributed by atoms with Gasteiger partial charge in [-0.1, -0.05) is 54.4 Å². The molecule has 10 nitrogen and oxygen atoms in total. The van der Waals surface area contributed by atoms with Crippen LogP contribution in [0.3, 0.4) is 0 Å². The van der Waals surface area contributed by atoms with Gasteiger partial charge in [-0.05, 0) is 74.0 Å². The van der Waals surface area contributed by atoms with E-state index in [4.69, 9.17) is 23.2 Å². The Morgan fingerprint density at radius 1 is 1.06 bits per heavy atom. The summed E-state index contributed by atoms with van der Waals surface area (Å²) >= 11 is 12.8. The molecular formula is C33H43Cl2N3O7S2. The molecule has 14 heteroatoms. The Morgan fingerprint density at radius 2 is 1.72 bits per heavy atom. The van der Waals surface area contributed by atoms with Gasteiger partial charge in [-0.3, -0.25) is 9.59 Å². The highest BCUT2D eigenvalue weighted by Gasteiger charge is 2.55. The number of hydrogen-bond acceptors (Lipinski definition) is 7. The lowest BCUT2D eigenvalue weighted by Crippen LogP contribution is -2.59. The van der Waals surface area contributed by atoms with E-state index in [0.29, 0.717) is 48.9 Å². The lowest BCUT2D eigenvalue weighted by atomic mass is 9.64. The van der Waals surface area contributed by atoms with Crippen LogP contribution in [-0.2, 0) is 29.4 Å². The van der Waals surface area contributed by atoms with Gasteiger partial charge in [0.1, 0.15) is 0 Å². The number of benzene rings is 2. The van der Waals surface area contributed by atoms with Crippen LogP contribution in [0.4, 0.5) is 0 Å². The monoisotopic (exact) mass is 727 g/mol. The number of likely N-dealkylation sites (N-methyl/N-ethyl adjacent to an activating group) is 1. The third-order valence-corrected chi connectivity index (χ3v) is 14.4. The minimum Gasteiger partial charge on any atom is -0.481 e. The van der Waals surface area contributed by atoms with E-state index in [1.807, 2.05) is 42.2 Å². The Hall–Kier alpha value is -2.22. The molecule has 2 saturated heterocycles. The molecule has 0 spiro atoms. The van der Waals surface area contributed by atoms with Crippen LogP contribution >= 0.6 is 23.2 Å². The van der Waals surface area contributed by atoms with Gasteiger partial charge in [0.2, 0.25) is 15.9 Å². The number of rotatable bonds is 13. The van der Waals surface area contributed by atoms with Gasteiger partial charge in [0, 0.05) is 48.7 Å². The van der Waals surface area contributed by atoms with Crippen molar-refractivity contribution >= 4 is 54.9 Å². The number of piperidine rings is 1. The fourth-order valence-corrected chi connectivity index (χ4v) is 10.4. The molecular weight excluding hydrogens is 685 g/mol. The molecule has 0 radical (unpaired) electrons. The van der Waals surface area contributed by atoms with Crippen molar-refractivity contribution in [2.75, 3.05) is 44.7 Å². The van der Waals surface area contributed by atoms with Crippen molar-refractivity contribution in [3.63, 3.8) is 0 Å². The van der Waals surface area contributed by atoms with Gasteiger partial charge in [-0.15, -0.1) is 0 Å². The first-order valence-corrected chi connectivity index (χ1v) is 20.2. The van der Waals surface area contributed by atoms with Crippen molar-refractivity contribution in [2.24, 2.45) is 5.41 Å². The molecule has 1 saturated carbocycles. The zero-order valence-electron chi connectivity index (χ0n) is 26.7. The first-order valence-electron chi connectivity index (χ1n) is 16.1. The zero-order valence-corrected chi connectivity index (χ0v) is 29.9. The van der Waals surface area contributed by atoms with Crippen LogP contribution < -0.4 is 0 Å². The Morgan fingerprint density at radius 3 is 2.30 bits per heavy atom. The quantitative estimate of drug-likeness (QED) is 0.310. The van der Waals surface area contributed by atoms with E-state index in [0.717, 1.165) is 11.1 Å². The van der Waals surface area contributed by atoms with Gasteiger partial charge < -0.3 is 14.9 Å². The molecule has 0 aromatic heterocycles. The molecule has 2 aromatic rings. The van der Waals surface area contributed by atoms with Crippen molar-refractivity contribution < 1.29 is 31.5 Å². The summed E-state index contributed by atoms with van der Waals surface area (Å²) in [5.74, 6) is -1.82. The van der Waals surface area contributed by atoms with Crippen LogP contribution in [0.5, 0.6) is 0 Å². The molecule has 1 N–H and O–H groups in total. The summed E-state index contributed by atoms with van der Waals surface area (Å²) < 4.78 is 52.1. The first kappa shape index (κ1) is 36.1. The van der Waals surface area contributed by atoms with Gasteiger partial charge in [0.05, 0.1) is 34.6 Å². The third-order valence-electron chi connectivity index (χ3n) is 10.0. The molecule has 5 rings (SSSR count). The van der Waals surface area contributed by atoms with Crippen LogP contribution in [0.1, 0.15) is 68.5 Å². The molecule has 2 heterocycles. The minimum absolute atomic E-state index is 0.0164. The average Bonchev–Trinajstić information content (AvgIpc) is 3.87. The summed E-state index contributed by atoms with van der Waals surface area (Å²) in [4.78, 5) is 31.5. The van der Waals surface area contributed by atoms with E-state index in [1.165, 1.54) is 4.31 Å². The number of carbonyl (C=O) groups is 2. The summed E-state index contributed by atoms with van der Waals surface area (Å²) in [7, 11) is -5.14. The lowest BCUT2D eigenvalue weighted by Gasteiger charge is -2.53. The third kappa shape index (κ3) is 8.16. The predicted molar refractivity (Wildman–Crippen MR) is 183 cm³/mol. The van der Waals surface area contributed by atoms with Crippen LogP contribution in [0.25, 0.3) is 0 Å². The standard InChI is InChI=1S/C33H43Cl2N3O7S2/c1-3-27(22-36(2)47(44,45)28-11-12-28)38-31(23-7-9-25(34)10-8-23)29(24-5-4-6-26(35)19-24)20-33(32(38)41,21-30(39)40)13-14-37-15-17-46(42,43)18-16-37/h4-10,19,27-29,31H,3,11-18,20-22H2,1-2H3,(H,39,40). The van der Waals surface area contributed by atoms with Gasteiger partial charge in [-0.2, -0.15) is 0 Å². The highest BCUT2D eigenvalue weighted by Crippen LogP contribution is 2.54. The lowest BCUT2D eigenvalue weighted by molar-refractivity contribution is -0.163. The highest BCUT2D eigenvalue weighted by atomic mass is 35.5. The van der Waals surface area contributed by atoms with E-state index in [2.05, 4.69) is 0 Å². The number of carboxylic acid groups (broad SMARTS) is 1. The molecule has 1 amide bonds. The molecule has 2 aliphatic heterocycles. The van der Waals surface area contributed by atoms with E-state index < -0.39 is 60.9 Å². The molecule has 258 valence electrons. The minimum atomic E-state index is -3.56. The molecule has 4 unspecified atom stereocenters. The Labute approximate surface area is 288 Å². The summed E-state index contributed by atoms with van der Waals surface area (Å²) in [6, 6.07) is 13.5. The Kier molecular flexibility index (Phi) is 11.0. The van der Waals surface area contributed by atoms with Crippen LogP contribution in [0.2, 0.25) is 10.0 Å². The van der Waals surface area contributed by atoms with Crippen molar-refractivity contribution in [2.45, 2.75) is 68.7 Å². The van der Waals surface area contributed by atoms with Gasteiger partial charge >= 0.3 is 5.97 Å². The zero-order chi connectivity index (χ0) is 34.1. The second-order valence-corrected chi connectivity index (χ2v) is 18.8. The molecule has 3 fully saturated rings. The van der Waals surface area contributed by atoms with Gasteiger partial charge in [0.15, 0.2) is 9.84 Å². The molecule has 0 bridgehead atoms. The number of halogens is 2. The fraction of sp³-hybridized carbons (Fsp3) is 0.576. The number of hydrogen-bond donors (Lipinski definition) is 1. The maximum Gasteiger partial charge on any atom is 0.304 e. The van der Waals surface area contributed by atoms with Crippen molar-refractivity contribution in [1.29, 1.82) is 0 Å². The maximum absolute atomic E-state index is 15.2. The number of nitrogens with zero attached hydrogens (tertiary/aromatic N) is 3. The second kappa shape index (κ2) is 14.3. The Balaban J connectivity index is 1.63. The summed E-state index contributed by atoms with van der Waals surface area (Å²) in [5, 5.41) is 10.9. The molecule has 3 aliphatic rings. The van der Waals surface area contributed by atoms with Crippen molar-refractivity contribution in [3.8, 4) is 0 Å². The normalized spacial score (nSPS) is 26.0. The number of sulfonamides is 1. The molecule has 47 heavy (non-hydrogen) atoms. The maximum atomic E-state index is 15.2. The average molecular weight is 729 g/mol. The van der Waals surface area contributed by atoms with Crippen LogP contribution in [0.15, 0.2) is 48.5 Å². The highest BCUT2D eigenvalue weighted by molar-refractivity contribution is 7.91. The van der Waals surface area contributed by atoms with Crippen molar-refractivity contribution in [1.82, 2.24) is 14.1 Å². The number of likely N-dealkylation sites (tertiary alicyclic amines) is 1. The second-order valence-electron chi connectivity index (χ2n) is 13.3. The topological polar surface area (TPSA) is 132 Å². The summed E-state index contributed by atoms with van der Waals surface area (Å²) in [5.41, 5.74) is 0.283. The number of aliphatic carboxylic acids is 1. The summed E-state index contributed by atoms with van der Waals surface area (Å²) in [6.45, 7) is 2.94. The number of carbonyl (C=O) groups excluding carboxylic acids is 1. The first-order chi connectivity index (χ1) is 22.2. The van der Waals surface area contributed by atoms with E-state index in [-0.39, 0.29) is 36.8 Å². The number of amides is 1. The molecule has 2 aromatic carbocycles. The Bertz CT molecular complexity index is 1670. The molecule has 4 atom stereocenters. The van der Waals surface area contributed by atoms with Crippen molar-refractivity contribution in [3.05, 3.63) is 69.7 Å². The van der Waals surface area contributed by atoms with E-state index in [9.17, 15) is 26.7 Å². The van der Waals surface area contributed by atoms with Crippen LogP contribution in [0, 0.1) is 5.41 Å². The largest absolute Gasteiger partial charge is 0.481 e. The van der Waals surface area contributed by atoms with E-state index >= 15 is 4.79 Å². The fourth-order valence-electron chi connectivity index (χ4n) is 7.21. The smallest absolute Gasteiger partial charge is 0.304 e.